The van der Waals surface area contributed by atoms with E-state index in [2.05, 4.69) is 35.0 Å². The summed E-state index contributed by atoms with van der Waals surface area (Å²) >= 11 is 3.03. The predicted molar refractivity (Wildman–Crippen MR) is 108 cm³/mol. The highest BCUT2D eigenvalue weighted by Crippen LogP contribution is 2.38. The summed E-state index contributed by atoms with van der Waals surface area (Å²) < 4.78 is 28.1. The molecule has 3 rings (SSSR count). The lowest BCUT2D eigenvalue weighted by Gasteiger charge is -2.29. The number of benzene rings is 2. The van der Waals surface area contributed by atoms with Gasteiger partial charge in [-0.25, -0.2) is 8.78 Å². The van der Waals surface area contributed by atoms with Crippen LogP contribution >= 0.6 is 15.9 Å². The molecule has 0 heterocycles. The van der Waals surface area contributed by atoms with Gasteiger partial charge < -0.3 is 0 Å². The van der Waals surface area contributed by atoms with E-state index in [0.717, 1.165) is 11.5 Å². The zero-order valence-corrected chi connectivity index (χ0v) is 17.0. The van der Waals surface area contributed by atoms with Crippen LogP contribution in [-0.2, 0) is 0 Å². The summed E-state index contributed by atoms with van der Waals surface area (Å²) in [5, 5.41) is 0. The van der Waals surface area contributed by atoms with Gasteiger partial charge in [0.2, 0.25) is 0 Å². The van der Waals surface area contributed by atoms with E-state index < -0.39 is 11.6 Å². The Morgan fingerprint density at radius 2 is 1.62 bits per heavy atom. The van der Waals surface area contributed by atoms with Crippen LogP contribution in [0, 0.1) is 17.6 Å². The van der Waals surface area contributed by atoms with Crippen molar-refractivity contribution in [2.24, 2.45) is 5.92 Å². The van der Waals surface area contributed by atoms with Crippen LogP contribution < -0.4 is 0 Å². The second-order valence-corrected chi connectivity index (χ2v) is 8.44. The Bertz CT molecular complexity index is 716. The van der Waals surface area contributed by atoms with Crippen LogP contribution in [-0.4, -0.2) is 0 Å². The SMILES string of the molecule is CCCCC[C@H]1CC[C@H](c2ccc(-c3cc(F)c(Br)cc3F)cc2)CC1. The summed E-state index contributed by atoms with van der Waals surface area (Å²) in [6.07, 6.45) is 10.5. The minimum Gasteiger partial charge on any atom is -0.206 e. The number of hydrogen-bond acceptors (Lipinski definition) is 0. The van der Waals surface area contributed by atoms with Gasteiger partial charge >= 0.3 is 0 Å². The van der Waals surface area contributed by atoms with E-state index in [1.165, 1.54) is 69.1 Å². The largest absolute Gasteiger partial charge is 0.206 e. The molecule has 26 heavy (non-hydrogen) atoms. The molecule has 0 amide bonds. The maximum absolute atomic E-state index is 14.1. The van der Waals surface area contributed by atoms with Crippen LogP contribution in [0.4, 0.5) is 8.78 Å². The van der Waals surface area contributed by atoms with E-state index in [1.807, 2.05) is 12.1 Å². The van der Waals surface area contributed by atoms with Crippen LogP contribution in [0.25, 0.3) is 11.1 Å². The molecule has 0 atom stereocenters. The quantitative estimate of drug-likeness (QED) is 0.325. The molecule has 0 N–H and O–H groups in total. The van der Waals surface area contributed by atoms with Crippen molar-refractivity contribution < 1.29 is 8.78 Å². The maximum Gasteiger partial charge on any atom is 0.138 e. The maximum atomic E-state index is 14.1. The minimum absolute atomic E-state index is 0.158. The van der Waals surface area contributed by atoms with Crippen molar-refractivity contribution in [1.29, 1.82) is 0 Å². The molecule has 2 aromatic rings. The van der Waals surface area contributed by atoms with Crippen LogP contribution in [0.2, 0.25) is 0 Å². The monoisotopic (exact) mass is 420 g/mol. The van der Waals surface area contributed by atoms with Gasteiger partial charge in [-0.05, 0) is 76.7 Å². The molecule has 2 aromatic carbocycles. The van der Waals surface area contributed by atoms with Crippen LogP contribution in [0.15, 0.2) is 40.9 Å². The molecule has 0 nitrogen and oxygen atoms in total. The Morgan fingerprint density at radius 1 is 0.923 bits per heavy atom. The van der Waals surface area contributed by atoms with Crippen LogP contribution in [0.1, 0.15) is 69.8 Å². The lowest BCUT2D eigenvalue weighted by atomic mass is 9.77. The van der Waals surface area contributed by atoms with E-state index in [-0.39, 0.29) is 4.47 Å². The van der Waals surface area contributed by atoms with Crippen molar-refractivity contribution in [3.63, 3.8) is 0 Å². The number of unbranched alkanes of at least 4 members (excludes halogenated alkanes) is 2. The fraction of sp³-hybridized carbons (Fsp3) is 0.478. The van der Waals surface area contributed by atoms with Crippen molar-refractivity contribution >= 4 is 15.9 Å². The highest BCUT2D eigenvalue weighted by molar-refractivity contribution is 9.10. The van der Waals surface area contributed by atoms with Crippen molar-refractivity contribution in [1.82, 2.24) is 0 Å². The molecule has 1 aliphatic rings. The van der Waals surface area contributed by atoms with Gasteiger partial charge in [-0.15, -0.1) is 0 Å². The fourth-order valence-electron chi connectivity index (χ4n) is 4.15. The molecule has 0 spiro atoms. The fourth-order valence-corrected chi connectivity index (χ4v) is 4.46. The van der Waals surface area contributed by atoms with E-state index >= 15 is 0 Å². The van der Waals surface area contributed by atoms with Crippen molar-refractivity contribution in [2.45, 2.75) is 64.2 Å². The van der Waals surface area contributed by atoms with Gasteiger partial charge in [0, 0.05) is 5.56 Å². The van der Waals surface area contributed by atoms with Gasteiger partial charge in [0.05, 0.1) is 4.47 Å². The first-order chi connectivity index (χ1) is 12.6. The molecule has 1 fully saturated rings. The third kappa shape index (κ3) is 4.73. The number of halogens is 3. The summed E-state index contributed by atoms with van der Waals surface area (Å²) in [4.78, 5) is 0. The molecule has 3 heteroatoms. The third-order valence-corrected chi connectivity index (χ3v) is 6.37. The summed E-state index contributed by atoms with van der Waals surface area (Å²) in [5.41, 5.74) is 2.38. The van der Waals surface area contributed by atoms with Crippen molar-refractivity contribution in [3.05, 3.63) is 58.1 Å². The Balaban J connectivity index is 1.63. The Morgan fingerprint density at radius 3 is 2.27 bits per heavy atom. The lowest BCUT2D eigenvalue weighted by Crippen LogP contribution is -2.13. The van der Waals surface area contributed by atoms with Crippen molar-refractivity contribution in [3.8, 4) is 11.1 Å². The molecule has 140 valence electrons. The first kappa shape index (κ1) is 19.5. The second kappa shape index (κ2) is 9.12. The second-order valence-electron chi connectivity index (χ2n) is 7.58. The van der Waals surface area contributed by atoms with Gasteiger partial charge in [-0.2, -0.15) is 0 Å². The Labute approximate surface area is 164 Å². The van der Waals surface area contributed by atoms with Crippen molar-refractivity contribution in [2.75, 3.05) is 0 Å². The third-order valence-electron chi connectivity index (χ3n) is 5.77. The van der Waals surface area contributed by atoms with E-state index in [0.29, 0.717) is 11.5 Å². The van der Waals surface area contributed by atoms with Gasteiger partial charge in [0.1, 0.15) is 11.6 Å². The van der Waals surface area contributed by atoms with Gasteiger partial charge in [0.15, 0.2) is 0 Å². The molecule has 0 radical (unpaired) electrons. The molecule has 1 saturated carbocycles. The molecule has 0 bridgehead atoms. The molecule has 0 unspecified atom stereocenters. The lowest BCUT2D eigenvalue weighted by molar-refractivity contribution is 0.303. The first-order valence-corrected chi connectivity index (χ1v) is 10.6. The van der Waals surface area contributed by atoms with E-state index in [9.17, 15) is 8.78 Å². The molecular formula is C23H27BrF2. The Hall–Kier alpha value is -1.22. The zero-order valence-electron chi connectivity index (χ0n) is 15.4. The van der Waals surface area contributed by atoms with Gasteiger partial charge in [-0.3, -0.25) is 0 Å². The number of hydrogen-bond donors (Lipinski definition) is 0. The number of rotatable bonds is 6. The molecule has 0 aromatic heterocycles. The van der Waals surface area contributed by atoms with Gasteiger partial charge in [-0.1, -0.05) is 56.9 Å². The highest BCUT2D eigenvalue weighted by atomic mass is 79.9. The average Bonchev–Trinajstić information content (AvgIpc) is 2.66. The summed E-state index contributed by atoms with van der Waals surface area (Å²) in [6.45, 7) is 2.26. The summed E-state index contributed by atoms with van der Waals surface area (Å²) in [5.74, 6) is 0.667. The molecule has 0 saturated heterocycles. The predicted octanol–water partition coefficient (Wildman–Crippen LogP) is 8.25. The Kier molecular flexibility index (Phi) is 6.86. The summed E-state index contributed by atoms with van der Waals surface area (Å²) in [6, 6.07) is 10.5. The molecule has 0 aliphatic heterocycles. The van der Waals surface area contributed by atoms with E-state index in [1.54, 1.807) is 0 Å². The first-order valence-electron chi connectivity index (χ1n) is 9.83. The smallest absolute Gasteiger partial charge is 0.138 e. The van der Waals surface area contributed by atoms with Gasteiger partial charge in [0.25, 0.3) is 0 Å². The van der Waals surface area contributed by atoms with Crippen LogP contribution in [0.3, 0.4) is 0 Å². The molecule has 1 aliphatic carbocycles. The minimum atomic E-state index is -0.438. The topological polar surface area (TPSA) is 0 Å². The molecular weight excluding hydrogens is 394 g/mol. The summed E-state index contributed by atoms with van der Waals surface area (Å²) in [7, 11) is 0. The van der Waals surface area contributed by atoms with E-state index in [4.69, 9.17) is 0 Å². The zero-order chi connectivity index (χ0) is 18.5. The normalized spacial score (nSPS) is 20.3. The standard InChI is InChI=1S/C23H27BrF2/c1-2-3-4-5-16-6-8-17(9-7-16)18-10-12-19(13-11-18)20-14-23(26)21(24)15-22(20)25/h10-17H,2-9H2,1H3/t16-,17-. The highest BCUT2D eigenvalue weighted by Gasteiger charge is 2.22. The average molecular weight is 421 g/mol. The van der Waals surface area contributed by atoms with Crippen LogP contribution in [0.5, 0.6) is 0 Å².